The van der Waals surface area contributed by atoms with Gasteiger partial charge in [-0.2, -0.15) is 0 Å². The minimum atomic E-state index is -0.435. The van der Waals surface area contributed by atoms with Crippen molar-refractivity contribution in [2.45, 2.75) is 6.61 Å². The number of halogens is 1. The van der Waals surface area contributed by atoms with Crippen molar-refractivity contribution in [3.05, 3.63) is 70.3 Å². The summed E-state index contributed by atoms with van der Waals surface area (Å²) in [6.45, 7) is 0.131. The Morgan fingerprint density at radius 2 is 1.79 bits per heavy atom. The highest BCUT2D eigenvalue weighted by molar-refractivity contribution is 7.18. The Balaban J connectivity index is 1.60. The molecule has 24 heavy (non-hydrogen) atoms. The third-order valence-corrected chi connectivity index (χ3v) is 4.77. The number of para-hydroxylation sites is 2. The molecule has 0 unspecified atom stereocenters. The fraction of sp³-hybridized carbons (Fsp3) is 0.0556. The predicted octanol–water partition coefficient (Wildman–Crippen LogP) is 4.85. The number of rotatable bonds is 3. The van der Waals surface area contributed by atoms with Gasteiger partial charge in [-0.25, -0.2) is 14.8 Å². The molecule has 2 heterocycles. The molecule has 6 heteroatoms. The molecule has 4 rings (SSSR count). The van der Waals surface area contributed by atoms with E-state index in [2.05, 4.69) is 9.97 Å². The van der Waals surface area contributed by atoms with Crippen molar-refractivity contribution in [1.29, 1.82) is 0 Å². The third kappa shape index (κ3) is 2.84. The van der Waals surface area contributed by atoms with E-state index in [1.165, 1.54) is 17.4 Å². The van der Waals surface area contributed by atoms with E-state index < -0.39 is 5.97 Å². The highest BCUT2D eigenvalue weighted by Gasteiger charge is 2.15. The van der Waals surface area contributed by atoms with E-state index in [0.717, 1.165) is 20.6 Å². The highest BCUT2D eigenvalue weighted by atomic mass is 35.5. The molecule has 0 aliphatic rings. The van der Waals surface area contributed by atoms with Gasteiger partial charge in [0.25, 0.3) is 0 Å². The first-order valence-corrected chi connectivity index (χ1v) is 8.47. The number of esters is 1. The van der Waals surface area contributed by atoms with Gasteiger partial charge in [-0.3, -0.25) is 0 Å². The molecule has 0 radical (unpaired) electrons. The van der Waals surface area contributed by atoms with Crippen molar-refractivity contribution in [2.24, 2.45) is 0 Å². The highest BCUT2D eigenvalue weighted by Crippen LogP contribution is 2.24. The molecule has 2 aromatic heterocycles. The first-order chi connectivity index (χ1) is 11.7. The summed E-state index contributed by atoms with van der Waals surface area (Å²) >= 11 is 7.52. The lowest BCUT2D eigenvalue weighted by Crippen LogP contribution is -2.06. The average molecular weight is 355 g/mol. The lowest BCUT2D eigenvalue weighted by molar-refractivity contribution is 0.0475. The predicted molar refractivity (Wildman–Crippen MR) is 95.5 cm³/mol. The summed E-state index contributed by atoms with van der Waals surface area (Å²) in [5.74, 6) is -0.435. The third-order valence-electron chi connectivity index (χ3n) is 3.57. The van der Waals surface area contributed by atoms with Gasteiger partial charge in [0, 0.05) is 5.39 Å². The Kier molecular flexibility index (Phi) is 3.88. The summed E-state index contributed by atoms with van der Waals surface area (Å²) in [6.07, 6.45) is 0. The molecule has 0 saturated carbocycles. The van der Waals surface area contributed by atoms with Crippen molar-refractivity contribution < 1.29 is 9.53 Å². The Bertz CT molecular complexity index is 1030. The summed E-state index contributed by atoms with van der Waals surface area (Å²) in [7, 11) is 0. The van der Waals surface area contributed by atoms with Crippen LogP contribution in [0.15, 0.2) is 54.6 Å². The second-order valence-corrected chi connectivity index (χ2v) is 6.66. The maximum atomic E-state index is 12.5. The number of nitrogens with zero attached hydrogens (tertiary/aromatic N) is 2. The summed E-state index contributed by atoms with van der Waals surface area (Å²) in [5, 5.41) is 1.74. The molecule has 0 amide bonds. The molecule has 4 aromatic rings. The van der Waals surface area contributed by atoms with Crippen LogP contribution < -0.4 is 0 Å². The van der Waals surface area contributed by atoms with Crippen LogP contribution in [0, 0.1) is 0 Å². The summed E-state index contributed by atoms with van der Waals surface area (Å²) in [6, 6.07) is 16.7. The Hall–Kier alpha value is -2.50. The number of carbonyl (C=O) groups excluding carboxylic acids is 1. The molecule has 0 spiro atoms. The zero-order valence-electron chi connectivity index (χ0n) is 12.4. The number of ether oxygens (including phenoxy) is 1. The van der Waals surface area contributed by atoms with E-state index in [9.17, 15) is 4.79 Å². The number of hydrogen-bond donors (Lipinski definition) is 0. The molecule has 0 aliphatic carbocycles. The Morgan fingerprint density at radius 3 is 2.62 bits per heavy atom. The largest absolute Gasteiger partial charge is 0.455 e. The smallest absolute Gasteiger partial charge is 0.339 e. The standard InChI is InChI=1S/C18H11ClN2O2S/c19-16-9-12(11-5-1-2-6-13(11)20-16)18(22)23-10-17-21-14-7-3-4-8-15(14)24-17/h1-9H,10H2. The molecule has 2 aromatic carbocycles. The molecule has 0 saturated heterocycles. The van der Waals surface area contributed by atoms with Gasteiger partial charge in [-0.1, -0.05) is 41.9 Å². The maximum Gasteiger partial charge on any atom is 0.339 e. The fourth-order valence-electron chi connectivity index (χ4n) is 2.50. The molecule has 0 bridgehead atoms. The Labute approximate surface area is 146 Å². The number of hydrogen-bond acceptors (Lipinski definition) is 5. The summed E-state index contributed by atoms with van der Waals surface area (Å²) in [4.78, 5) is 21.1. The number of benzene rings is 2. The number of thiazole rings is 1. The van der Waals surface area contributed by atoms with E-state index in [1.807, 2.05) is 48.5 Å². The zero-order chi connectivity index (χ0) is 16.5. The molecule has 0 aliphatic heterocycles. The van der Waals surface area contributed by atoms with Gasteiger partial charge in [-0.15, -0.1) is 11.3 Å². The van der Waals surface area contributed by atoms with Crippen LogP contribution in [-0.2, 0) is 11.3 Å². The summed E-state index contributed by atoms with van der Waals surface area (Å²) < 4.78 is 6.50. The number of fused-ring (bicyclic) bond motifs is 2. The SMILES string of the molecule is O=C(OCc1nc2ccccc2s1)c1cc(Cl)nc2ccccc12. The van der Waals surface area contributed by atoms with Gasteiger partial charge in [-0.05, 0) is 24.3 Å². The van der Waals surface area contributed by atoms with Gasteiger partial charge in [0.15, 0.2) is 0 Å². The number of pyridine rings is 1. The monoisotopic (exact) mass is 354 g/mol. The molecular weight excluding hydrogens is 344 g/mol. The van der Waals surface area contributed by atoms with Crippen molar-refractivity contribution in [3.63, 3.8) is 0 Å². The van der Waals surface area contributed by atoms with Gasteiger partial charge in [0.1, 0.15) is 16.8 Å². The second kappa shape index (κ2) is 6.19. The molecule has 0 N–H and O–H groups in total. The Morgan fingerprint density at radius 1 is 1.04 bits per heavy atom. The van der Waals surface area contributed by atoms with Gasteiger partial charge in [0.2, 0.25) is 0 Å². The van der Waals surface area contributed by atoms with Gasteiger partial charge < -0.3 is 4.74 Å². The van der Waals surface area contributed by atoms with Crippen molar-refractivity contribution >= 4 is 50.0 Å². The van der Waals surface area contributed by atoms with E-state index in [0.29, 0.717) is 11.1 Å². The van der Waals surface area contributed by atoms with Crippen molar-refractivity contribution in [3.8, 4) is 0 Å². The van der Waals surface area contributed by atoms with Crippen LogP contribution in [0.1, 0.15) is 15.4 Å². The van der Waals surface area contributed by atoms with Crippen LogP contribution in [0.4, 0.5) is 0 Å². The van der Waals surface area contributed by atoms with Crippen molar-refractivity contribution in [2.75, 3.05) is 0 Å². The summed E-state index contributed by atoms with van der Waals surface area (Å²) in [5.41, 5.74) is 1.98. The van der Waals surface area contributed by atoms with Crippen molar-refractivity contribution in [1.82, 2.24) is 9.97 Å². The first kappa shape index (κ1) is 15.1. The molecular formula is C18H11ClN2O2S. The van der Waals surface area contributed by atoms with Crippen LogP contribution in [-0.4, -0.2) is 15.9 Å². The number of aromatic nitrogens is 2. The average Bonchev–Trinajstić information content (AvgIpc) is 3.02. The number of carbonyl (C=O) groups is 1. The van der Waals surface area contributed by atoms with Crippen LogP contribution in [0.5, 0.6) is 0 Å². The fourth-order valence-corrected chi connectivity index (χ4v) is 3.58. The minimum Gasteiger partial charge on any atom is -0.455 e. The molecule has 0 atom stereocenters. The van der Waals surface area contributed by atoms with Crippen LogP contribution in [0.2, 0.25) is 5.15 Å². The topological polar surface area (TPSA) is 52.1 Å². The lowest BCUT2D eigenvalue weighted by atomic mass is 10.1. The van der Waals surface area contributed by atoms with Crippen LogP contribution in [0.25, 0.3) is 21.1 Å². The second-order valence-electron chi connectivity index (χ2n) is 5.16. The minimum absolute atomic E-state index is 0.131. The van der Waals surface area contributed by atoms with Crippen LogP contribution >= 0.6 is 22.9 Å². The van der Waals surface area contributed by atoms with E-state index in [1.54, 1.807) is 0 Å². The normalized spacial score (nSPS) is 11.0. The van der Waals surface area contributed by atoms with E-state index in [4.69, 9.17) is 16.3 Å². The zero-order valence-corrected chi connectivity index (χ0v) is 14.0. The van der Waals surface area contributed by atoms with E-state index in [-0.39, 0.29) is 11.8 Å². The van der Waals surface area contributed by atoms with Gasteiger partial charge >= 0.3 is 5.97 Å². The molecule has 4 nitrogen and oxygen atoms in total. The molecule has 118 valence electrons. The van der Waals surface area contributed by atoms with Crippen LogP contribution in [0.3, 0.4) is 0 Å². The van der Waals surface area contributed by atoms with Gasteiger partial charge in [0.05, 0.1) is 21.3 Å². The lowest BCUT2D eigenvalue weighted by Gasteiger charge is -2.06. The van der Waals surface area contributed by atoms with E-state index >= 15 is 0 Å². The first-order valence-electron chi connectivity index (χ1n) is 7.27. The quantitative estimate of drug-likeness (QED) is 0.389. The maximum absolute atomic E-state index is 12.5. The molecule has 0 fully saturated rings.